The van der Waals surface area contributed by atoms with E-state index >= 15 is 0 Å². The molecular formula is C21H32N6O. The van der Waals surface area contributed by atoms with Crippen molar-refractivity contribution in [1.29, 1.82) is 0 Å². The van der Waals surface area contributed by atoms with E-state index in [0.717, 1.165) is 63.5 Å². The van der Waals surface area contributed by atoms with Gasteiger partial charge < -0.3 is 9.88 Å². The third-order valence-corrected chi connectivity index (χ3v) is 6.46. The number of piperidine rings is 2. The number of carbonyl (C=O) groups is 1. The molecule has 4 rings (SSSR count). The summed E-state index contributed by atoms with van der Waals surface area (Å²) in [4.78, 5) is 24.4. The lowest BCUT2D eigenvalue weighted by atomic mass is 9.73. The second kappa shape index (κ2) is 8.07. The molecular weight excluding hydrogens is 352 g/mol. The van der Waals surface area contributed by atoms with Crippen molar-refractivity contribution in [2.45, 2.75) is 59.0 Å². The molecule has 0 aliphatic carbocycles. The van der Waals surface area contributed by atoms with Crippen LogP contribution in [-0.4, -0.2) is 61.6 Å². The van der Waals surface area contributed by atoms with Crippen LogP contribution in [0.4, 0.5) is 0 Å². The van der Waals surface area contributed by atoms with E-state index < -0.39 is 0 Å². The molecule has 0 aromatic carbocycles. The first-order chi connectivity index (χ1) is 13.6. The fourth-order valence-corrected chi connectivity index (χ4v) is 4.88. The van der Waals surface area contributed by atoms with Gasteiger partial charge in [0, 0.05) is 74.6 Å². The SMILES string of the molecule is CCn1cc(CN2CCC[C@@]3(CCC(=O)N(CCc4cnc[nH]4)C3)C2)c(C)n1. The van der Waals surface area contributed by atoms with E-state index in [2.05, 4.69) is 44.9 Å². The predicted octanol–water partition coefficient (Wildman–Crippen LogP) is 2.38. The molecule has 28 heavy (non-hydrogen) atoms. The lowest BCUT2D eigenvalue weighted by Crippen LogP contribution is -2.54. The summed E-state index contributed by atoms with van der Waals surface area (Å²) in [7, 11) is 0. The Kier molecular flexibility index (Phi) is 5.53. The molecule has 2 saturated heterocycles. The van der Waals surface area contributed by atoms with E-state index in [1.807, 2.05) is 10.9 Å². The van der Waals surface area contributed by atoms with E-state index in [1.165, 1.54) is 18.4 Å². The van der Waals surface area contributed by atoms with Gasteiger partial charge in [0.25, 0.3) is 0 Å². The number of rotatable bonds is 6. The number of aromatic nitrogens is 4. The summed E-state index contributed by atoms with van der Waals surface area (Å²) >= 11 is 0. The summed E-state index contributed by atoms with van der Waals surface area (Å²) in [6.45, 7) is 10.0. The maximum Gasteiger partial charge on any atom is 0.222 e. The Morgan fingerprint density at radius 2 is 2.18 bits per heavy atom. The van der Waals surface area contributed by atoms with Crippen molar-refractivity contribution in [1.82, 2.24) is 29.5 Å². The Morgan fingerprint density at radius 1 is 1.29 bits per heavy atom. The van der Waals surface area contributed by atoms with Crippen LogP contribution in [0.3, 0.4) is 0 Å². The normalized spacial score (nSPS) is 23.6. The molecule has 1 N–H and O–H groups in total. The smallest absolute Gasteiger partial charge is 0.222 e. The van der Waals surface area contributed by atoms with Crippen molar-refractivity contribution in [2.75, 3.05) is 26.2 Å². The number of nitrogens with one attached hydrogen (secondary N) is 1. The summed E-state index contributed by atoms with van der Waals surface area (Å²) in [5, 5.41) is 4.60. The van der Waals surface area contributed by atoms with E-state index in [0.29, 0.717) is 12.3 Å². The van der Waals surface area contributed by atoms with E-state index in [-0.39, 0.29) is 5.41 Å². The molecule has 1 amide bonds. The lowest BCUT2D eigenvalue weighted by molar-refractivity contribution is -0.139. The number of carbonyl (C=O) groups excluding carboxylic acids is 1. The highest BCUT2D eigenvalue weighted by Gasteiger charge is 2.41. The highest BCUT2D eigenvalue weighted by molar-refractivity contribution is 5.77. The molecule has 1 spiro atoms. The Hall–Kier alpha value is -2.15. The van der Waals surface area contributed by atoms with E-state index in [9.17, 15) is 4.79 Å². The van der Waals surface area contributed by atoms with Crippen LogP contribution in [0.2, 0.25) is 0 Å². The summed E-state index contributed by atoms with van der Waals surface area (Å²) in [5.74, 6) is 0.308. The topological polar surface area (TPSA) is 70.1 Å². The molecule has 4 heterocycles. The van der Waals surface area contributed by atoms with Crippen molar-refractivity contribution in [3.8, 4) is 0 Å². The largest absolute Gasteiger partial charge is 0.348 e. The van der Waals surface area contributed by atoms with Gasteiger partial charge in [-0.3, -0.25) is 14.4 Å². The molecule has 7 nitrogen and oxygen atoms in total. The number of amides is 1. The van der Waals surface area contributed by atoms with Crippen LogP contribution in [-0.2, 0) is 24.3 Å². The number of hydrogen-bond acceptors (Lipinski definition) is 4. The van der Waals surface area contributed by atoms with Crippen LogP contribution < -0.4 is 0 Å². The minimum atomic E-state index is 0.245. The van der Waals surface area contributed by atoms with Gasteiger partial charge in [0.15, 0.2) is 0 Å². The fourth-order valence-electron chi connectivity index (χ4n) is 4.88. The first kappa shape index (κ1) is 19.2. The number of aromatic amines is 1. The second-order valence-corrected chi connectivity index (χ2v) is 8.55. The number of imidazole rings is 1. The average Bonchev–Trinajstić information content (AvgIpc) is 3.33. The van der Waals surface area contributed by atoms with Crippen molar-refractivity contribution in [3.05, 3.63) is 35.7 Å². The van der Waals surface area contributed by atoms with Crippen molar-refractivity contribution < 1.29 is 4.79 Å². The molecule has 7 heteroatoms. The standard InChI is InChI=1S/C21H32N6O/c1-3-27-13-18(17(2)24-27)12-25-9-4-7-21(14-25)8-5-20(28)26(15-21)10-6-19-11-22-16-23-19/h11,13,16H,3-10,12,14-15H2,1-2H3,(H,22,23)/t21-/m1/s1. The summed E-state index contributed by atoms with van der Waals surface area (Å²) < 4.78 is 2.03. The number of aryl methyl sites for hydroxylation is 2. The van der Waals surface area contributed by atoms with Crippen molar-refractivity contribution >= 4 is 5.91 Å². The van der Waals surface area contributed by atoms with Crippen LogP contribution >= 0.6 is 0 Å². The highest BCUT2D eigenvalue weighted by atomic mass is 16.2. The minimum Gasteiger partial charge on any atom is -0.348 e. The zero-order chi connectivity index (χ0) is 19.6. The quantitative estimate of drug-likeness (QED) is 0.830. The summed E-state index contributed by atoms with van der Waals surface area (Å²) in [6, 6.07) is 0. The molecule has 0 bridgehead atoms. The van der Waals surface area contributed by atoms with Gasteiger partial charge in [0.05, 0.1) is 12.0 Å². The molecule has 0 saturated carbocycles. The van der Waals surface area contributed by atoms with Gasteiger partial charge in [-0.25, -0.2) is 4.98 Å². The molecule has 2 aromatic heterocycles. The van der Waals surface area contributed by atoms with E-state index in [1.54, 1.807) is 6.33 Å². The zero-order valence-corrected chi connectivity index (χ0v) is 17.2. The molecule has 0 radical (unpaired) electrons. The number of nitrogens with zero attached hydrogens (tertiary/aromatic N) is 5. The molecule has 2 aromatic rings. The zero-order valence-electron chi connectivity index (χ0n) is 17.2. The summed E-state index contributed by atoms with van der Waals surface area (Å²) in [5.41, 5.74) is 3.82. The minimum absolute atomic E-state index is 0.245. The van der Waals surface area contributed by atoms with Crippen molar-refractivity contribution in [3.63, 3.8) is 0 Å². The molecule has 2 aliphatic rings. The van der Waals surface area contributed by atoms with Gasteiger partial charge in [-0.15, -0.1) is 0 Å². The Labute approximate surface area is 167 Å². The van der Waals surface area contributed by atoms with E-state index in [4.69, 9.17) is 0 Å². The van der Waals surface area contributed by atoms with Crippen LogP contribution in [0.25, 0.3) is 0 Å². The number of H-pyrrole nitrogens is 1. The average molecular weight is 385 g/mol. The third kappa shape index (κ3) is 4.14. The fraction of sp³-hybridized carbons (Fsp3) is 0.667. The monoisotopic (exact) mass is 384 g/mol. The third-order valence-electron chi connectivity index (χ3n) is 6.46. The van der Waals surface area contributed by atoms with Gasteiger partial charge in [0.2, 0.25) is 5.91 Å². The van der Waals surface area contributed by atoms with Gasteiger partial charge in [-0.1, -0.05) is 0 Å². The molecule has 0 unspecified atom stereocenters. The van der Waals surface area contributed by atoms with Gasteiger partial charge >= 0.3 is 0 Å². The van der Waals surface area contributed by atoms with Crippen LogP contribution in [0.5, 0.6) is 0 Å². The van der Waals surface area contributed by atoms with Gasteiger partial charge in [0.1, 0.15) is 0 Å². The maximum absolute atomic E-state index is 12.5. The molecule has 152 valence electrons. The first-order valence-corrected chi connectivity index (χ1v) is 10.6. The van der Waals surface area contributed by atoms with Crippen LogP contribution in [0.1, 0.15) is 49.6 Å². The van der Waals surface area contributed by atoms with Gasteiger partial charge in [-0.05, 0) is 39.7 Å². The Balaban J connectivity index is 1.40. The maximum atomic E-state index is 12.5. The Bertz CT molecular complexity index is 798. The van der Waals surface area contributed by atoms with Crippen LogP contribution in [0.15, 0.2) is 18.7 Å². The first-order valence-electron chi connectivity index (χ1n) is 10.6. The molecule has 2 fully saturated rings. The molecule has 1 atom stereocenters. The second-order valence-electron chi connectivity index (χ2n) is 8.55. The van der Waals surface area contributed by atoms with Crippen molar-refractivity contribution in [2.24, 2.45) is 5.41 Å². The predicted molar refractivity (Wildman–Crippen MR) is 108 cm³/mol. The number of likely N-dealkylation sites (tertiary alicyclic amines) is 2. The van der Waals surface area contributed by atoms with Crippen LogP contribution in [0, 0.1) is 12.3 Å². The summed E-state index contributed by atoms with van der Waals surface area (Å²) in [6.07, 6.45) is 10.7. The molecule has 2 aliphatic heterocycles. The Morgan fingerprint density at radius 3 is 2.93 bits per heavy atom. The number of hydrogen-bond donors (Lipinski definition) is 1. The highest BCUT2D eigenvalue weighted by Crippen LogP contribution is 2.39. The van der Waals surface area contributed by atoms with Gasteiger partial charge in [-0.2, -0.15) is 5.10 Å². The lowest BCUT2D eigenvalue weighted by Gasteiger charge is -2.48.